The molecule has 0 rings (SSSR count). The van der Waals surface area contributed by atoms with Gasteiger partial charge in [-0.3, -0.25) is 29.4 Å². The molecule has 4 atom stereocenters. The number of nitrogens with two attached hydrogens (primary N) is 3. The molecule has 14 N–H and O–H groups in total. The Hall–Kier alpha value is -3.50. The Balaban J connectivity index is 5.37. The minimum Gasteiger partial charge on any atom is -0.396 e. The normalized spacial score (nSPS) is 13.2. The molecule has 16 heteroatoms. The summed E-state index contributed by atoms with van der Waals surface area (Å²) >= 11 is 0. The lowest BCUT2D eigenvalue weighted by molar-refractivity contribution is -0.135. The van der Waals surface area contributed by atoms with Crippen LogP contribution < -0.4 is 49.1 Å². The maximum absolute atomic E-state index is 13.8. The van der Waals surface area contributed by atoms with E-state index in [9.17, 15) is 24.0 Å². The van der Waals surface area contributed by atoms with Crippen LogP contribution in [-0.2, 0) is 24.0 Å². The number of amides is 5. The number of aliphatic hydroxyl groups is 1. The number of carbonyl (C=O) groups is 5. The molecule has 57 heavy (non-hydrogen) atoms. The molecule has 0 aromatic heterocycles. The number of hydrogen-bond donors (Lipinski definition) is 11. The predicted octanol–water partition coefficient (Wildman–Crippen LogP) is 2.69. The summed E-state index contributed by atoms with van der Waals surface area (Å²) in [5, 5.41) is 32.8. The molecule has 0 radical (unpaired) electrons. The van der Waals surface area contributed by atoms with Gasteiger partial charge >= 0.3 is 0 Å². The van der Waals surface area contributed by atoms with E-state index in [1.807, 2.05) is 13.8 Å². The topological polar surface area (TPSA) is 280 Å². The number of carbonyl (C=O) groups excluding carboxylic acids is 5. The number of aliphatic hydroxyl groups excluding tert-OH is 1. The first-order chi connectivity index (χ1) is 27.4. The van der Waals surface area contributed by atoms with Crippen LogP contribution in [0.15, 0.2) is 0 Å². The molecule has 0 bridgehead atoms. The van der Waals surface area contributed by atoms with Crippen LogP contribution in [0.25, 0.3) is 0 Å². The fourth-order valence-electron chi connectivity index (χ4n) is 6.62. The van der Waals surface area contributed by atoms with Crippen LogP contribution in [0.3, 0.4) is 0 Å². The number of guanidine groups is 1. The lowest BCUT2D eigenvalue weighted by atomic mass is 10.0. The van der Waals surface area contributed by atoms with Gasteiger partial charge in [-0.05, 0) is 89.6 Å². The lowest BCUT2D eigenvalue weighted by Crippen LogP contribution is -2.58. The Morgan fingerprint density at radius 3 is 1.39 bits per heavy atom. The second-order valence-corrected chi connectivity index (χ2v) is 15.7. The van der Waals surface area contributed by atoms with Crippen LogP contribution in [0, 0.1) is 11.3 Å². The van der Waals surface area contributed by atoms with Crippen LogP contribution in [0.5, 0.6) is 0 Å². The second-order valence-electron chi connectivity index (χ2n) is 15.7. The van der Waals surface area contributed by atoms with Gasteiger partial charge in [-0.1, -0.05) is 84.5 Å². The SMILES string of the molecule is CNC(=O)[C@H](CCCNC(=N)N)NC(=O)[C@H](CC(C)C)NC(=O)[C@H](CCCCN)NC(=O)[C@H](CCCCN)NC(=O)CCCCCCCCCCCCCCCO. The highest BCUT2D eigenvalue weighted by atomic mass is 16.3. The van der Waals surface area contributed by atoms with Gasteiger partial charge in [-0.15, -0.1) is 0 Å². The molecule has 0 fully saturated rings. The third-order valence-electron chi connectivity index (χ3n) is 9.94. The van der Waals surface area contributed by atoms with Crippen LogP contribution in [0.2, 0.25) is 0 Å². The van der Waals surface area contributed by atoms with Crippen molar-refractivity contribution in [3.8, 4) is 0 Å². The van der Waals surface area contributed by atoms with Gasteiger partial charge in [0, 0.05) is 26.6 Å². The van der Waals surface area contributed by atoms with E-state index in [4.69, 9.17) is 27.7 Å². The quantitative estimate of drug-likeness (QED) is 0.0248. The summed E-state index contributed by atoms with van der Waals surface area (Å²) in [4.78, 5) is 66.8. The van der Waals surface area contributed by atoms with Gasteiger partial charge in [0.1, 0.15) is 24.2 Å². The number of likely N-dealkylation sites (N-methyl/N-ethyl adjacent to an activating group) is 1. The van der Waals surface area contributed by atoms with Gasteiger partial charge in [0.05, 0.1) is 0 Å². The highest BCUT2D eigenvalue weighted by Crippen LogP contribution is 2.14. The summed E-state index contributed by atoms with van der Waals surface area (Å²) < 4.78 is 0. The largest absolute Gasteiger partial charge is 0.396 e. The Bertz CT molecular complexity index is 1110. The number of hydrogen-bond acceptors (Lipinski definition) is 9. The molecule has 332 valence electrons. The van der Waals surface area contributed by atoms with Gasteiger partial charge in [0.15, 0.2) is 5.96 Å². The van der Waals surface area contributed by atoms with E-state index < -0.39 is 47.8 Å². The molecule has 0 saturated carbocycles. The molecule has 0 heterocycles. The molecule has 0 saturated heterocycles. The minimum absolute atomic E-state index is 0.0143. The zero-order chi connectivity index (χ0) is 42.7. The van der Waals surface area contributed by atoms with E-state index in [0.717, 1.165) is 38.5 Å². The zero-order valence-corrected chi connectivity index (χ0v) is 35.7. The molecule has 0 aromatic rings. The highest BCUT2D eigenvalue weighted by Gasteiger charge is 2.31. The standard InChI is InChI=1S/C41H82N10O6/c1-31(2)30-35(40(57)49-32(37(54)46-3)24-21-28-47-41(44)45)51-39(56)34(23-17-19-27-43)50-38(55)33(22-16-18-26-42)48-36(53)25-15-13-11-9-7-5-4-6-8-10-12-14-20-29-52/h31-35,52H,4-30,42-43H2,1-3H3,(H,46,54)(H,48,53)(H,49,57)(H,50,55)(H,51,56)(H4,44,45,47)/t32-,33-,34-,35-/m0/s1. The zero-order valence-electron chi connectivity index (χ0n) is 35.7. The van der Waals surface area contributed by atoms with Crippen molar-refractivity contribution >= 4 is 35.5 Å². The van der Waals surface area contributed by atoms with Crippen molar-refractivity contribution in [1.29, 1.82) is 5.41 Å². The maximum atomic E-state index is 13.8. The lowest BCUT2D eigenvalue weighted by Gasteiger charge is -2.27. The Morgan fingerprint density at radius 2 is 0.947 bits per heavy atom. The number of unbranched alkanes of at least 4 members (excludes halogenated alkanes) is 14. The van der Waals surface area contributed by atoms with Crippen molar-refractivity contribution in [3.05, 3.63) is 0 Å². The second kappa shape index (κ2) is 35.6. The molecule has 5 amide bonds. The smallest absolute Gasteiger partial charge is 0.243 e. The average Bonchev–Trinajstić information content (AvgIpc) is 3.17. The Kier molecular flexibility index (Phi) is 33.5. The van der Waals surface area contributed by atoms with Gasteiger partial charge in [0.2, 0.25) is 29.5 Å². The van der Waals surface area contributed by atoms with Crippen molar-refractivity contribution < 1.29 is 29.1 Å². The van der Waals surface area contributed by atoms with Crippen LogP contribution in [-0.4, -0.2) is 98.1 Å². The first-order valence-corrected chi connectivity index (χ1v) is 21.9. The molecule has 0 unspecified atom stereocenters. The summed E-state index contributed by atoms with van der Waals surface area (Å²) in [5.74, 6) is -2.31. The average molecular weight is 811 g/mol. The van der Waals surface area contributed by atoms with E-state index in [2.05, 4.69) is 31.9 Å². The minimum atomic E-state index is -0.982. The third kappa shape index (κ3) is 29.4. The van der Waals surface area contributed by atoms with Crippen LogP contribution in [0.1, 0.15) is 162 Å². The van der Waals surface area contributed by atoms with Crippen molar-refractivity contribution in [2.45, 2.75) is 186 Å². The Labute approximate surface area is 343 Å². The number of rotatable bonds is 37. The summed E-state index contributed by atoms with van der Waals surface area (Å²) in [7, 11) is 1.47. The van der Waals surface area contributed by atoms with Crippen molar-refractivity contribution in [2.24, 2.45) is 23.1 Å². The van der Waals surface area contributed by atoms with Crippen molar-refractivity contribution in [3.63, 3.8) is 0 Å². The third-order valence-corrected chi connectivity index (χ3v) is 9.94. The number of nitrogens with one attached hydrogen (secondary N) is 7. The first-order valence-electron chi connectivity index (χ1n) is 21.9. The van der Waals surface area contributed by atoms with E-state index in [0.29, 0.717) is 71.0 Å². The molecular formula is C41H82N10O6. The highest BCUT2D eigenvalue weighted by molar-refractivity contribution is 5.95. The van der Waals surface area contributed by atoms with E-state index in [1.165, 1.54) is 52.0 Å². The maximum Gasteiger partial charge on any atom is 0.243 e. The monoisotopic (exact) mass is 811 g/mol. The molecule has 16 nitrogen and oxygen atoms in total. The van der Waals surface area contributed by atoms with Crippen molar-refractivity contribution in [2.75, 3.05) is 33.3 Å². The van der Waals surface area contributed by atoms with E-state index in [-0.39, 0.29) is 37.2 Å². The van der Waals surface area contributed by atoms with Crippen LogP contribution >= 0.6 is 0 Å². The molecule has 0 spiro atoms. The van der Waals surface area contributed by atoms with Crippen molar-refractivity contribution in [1.82, 2.24) is 31.9 Å². The van der Waals surface area contributed by atoms with E-state index in [1.54, 1.807) is 0 Å². The Morgan fingerprint density at radius 1 is 0.544 bits per heavy atom. The van der Waals surface area contributed by atoms with E-state index >= 15 is 0 Å². The van der Waals surface area contributed by atoms with Gasteiger partial charge in [-0.25, -0.2) is 0 Å². The molecule has 0 aliphatic carbocycles. The molecule has 0 aliphatic heterocycles. The molecular weight excluding hydrogens is 729 g/mol. The molecule has 0 aliphatic rings. The van der Waals surface area contributed by atoms with Gasteiger partial charge < -0.3 is 54.2 Å². The fourth-order valence-corrected chi connectivity index (χ4v) is 6.62. The summed E-state index contributed by atoms with van der Waals surface area (Å²) in [6.07, 6.45) is 19.0. The summed E-state index contributed by atoms with van der Waals surface area (Å²) in [6, 6.07) is -3.68. The summed E-state index contributed by atoms with van der Waals surface area (Å²) in [5.41, 5.74) is 16.8. The summed E-state index contributed by atoms with van der Waals surface area (Å²) in [6.45, 7) is 5.33. The predicted molar refractivity (Wildman–Crippen MR) is 228 cm³/mol. The van der Waals surface area contributed by atoms with Crippen LogP contribution in [0.4, 0.5) is 0 Å². The van der Waals surface area contributed by atoms with Gasteiger partial charge in [0.25, 0.3) is 0 Å². The molecule has 0 aromatic carbocycles. The fraction of sp³-hybridized carbons (Fsp3) is 0.854. The van der Waals surface area contributed by atoms with Gasteiger partial charge in [-0.2, -0.15) is 0 Å². The first kappa shape index (κ1) is 53.5.